The van der Waals surface area contributed by atoms with E-state index in [1.165, 1.54) is 87.6 Å². The summed E-state index contributed by atoms with van der Waals surface area (Å²) in [5.74, 6) is 0. The molecule has 0 aromatic heterocycles. The summed E-state index contributed by atoms with van der Waals surface area (Å²) in [6.07, 6.45) is 0. The number of hydrogen-bond donors (Lipinski definition) is 0. The second-order valence-electron chi connectivity index (χ2n) is 15.3. The summed E-state index contributed by atoms with van der Waals surface area (Å²) in [5, 5.41) is 10.1. The van der Waals surface area contributed by atoms with Crippen molar-refractivity contribution in [1.82, 2.24) is 0 Å². The molecule has 1 heteroatoms. The Morgan fingerprint density at radius 2 is 0.678 bits per heavy atom. The average Bonchev–Trinajstić information content (AvgIpc) is 3.32. The molecule has 0 aliphatic rings. The van der Waals surface area contributed by atoms with E-state index in [0.29, 0.717) is 0 Å². The highest BCUT2D eigenvalue weighted by Gasteiger charge is 2.18. The first-order chi connectivity index (χ1) is 29.3. The van der Waals surface area contributed by atoms with Gasteiger partial charge in [0.05, 0.1) is 0 Å². The highest BCUT2D eigenvalue weighted by molar-refractivity contribution is 6.22. The minimum Gasteiger partial charge on any atom is -0.310 e. The summed E-state index contributed by atoms with van der Waals surface area (Å²) in [6, 6.07) is 86.2. The van der Waals surface area contributed by atoms with Crippen LogP contribution in [0.2, 0.25) is 0 Å². The lowest BCUT2D eigenvalue weighted by Gasteiger charge is -2.27. The van der Waals surface area contributed by atoms with Crippen LogP contribution < -0.4 is 4.90 Å². The minimum atomic E-state index is 1.10. The highest BCUT2D eigenvalue weighted by atomic mass is 15.1. The van der Waals surface area contributed by atoms with Crippen LogP contribution in [0.4, 0.5) is 17.1 Å². The quantitative estimate of drug-likeness (QED) is 0.147. The number of anilines is 3. The molecule has 0 aliphatic carbocycles. The lowest BCUT2D eigenvalue weighted by Crippen LogP contribution is -2.10. The van der Waals surface area contributed by atoms with Crippen LogP contribution in [-0.2, 0) is 0 Å². The second-order valence-corrected chi connectivity index (χ2v) is 15.3. The third-order valence-corrected chi connectivity index (χ3v) is 11.8. The molecule has 11 aromatic rings. The van der Waals surface area contributed by atoms with Crippen LogP contribution in [0.5, 0.6) is 0 Å². The molecule has 59 heavy (non-hydrogen) atoms. The predicted molar refractivity (Wildman–Crippen MR) is 253 cm³/mol. The predicted octanol–water partition coefficient (Wildman–Crippen LogP) is 16.4. The fraction of sp³-hybridized carbons (Fsp3) is 0. The third kappa shape index (κ3) is 6.21. The number of rotatable bonds is 7. The Morgan fingerprint density at radius 3 is 1.37 bits per heavy atom. The van der Waals surface area contributed by atoms with Crippen molar-refractivity contribution < 1.29 is 0 Å². The topological polar surface area (TPSA) is 3.24 Å². The summed E-state index contributed by atoms with van der Waals surface area (Å²) < 4.78 is 0. The van der Waals surface area contributed by atoms with Crippen LogP contribution in [0.25, 0.3) is 87.6 Å². The van der Waals surface area contributed by atoms with Gasteiger partial charge in [0.2, 0.25) is 0 Å². The summed E-state index contributed by atoms with van der Waals surface area (Å²) in [7, 11) is 0. The number of hydrogen-bond acceptors (Lipinski definition) is 1. The third-order valence-electron chi connectivity index (χ3n) is 11.8. The number of fused-ring (bicyclic) bond motifs is 6. The van der Waals surface area contributed by atoms with E-state index in [2.05, 4.69) is 241 Å². The van der Waals surface area contributed by atoms with Crippen LogP contribution in [0, 0.1) is 0 Å². The molecule has 0 fully saturated rings. The maximum absolute atomic E-state index is 2.42. The molecule has 0 atom stereocenters. The van der Waals surface area contributed by atoms with E-state index in [1.54, 1.807) is 0 Å². The molecular formula is C58H39N. The minimum absolute atomic E-state index is 1.10. The molecule has 0 saturated heterocycles. The molecule has 1 nitrogen and oxygen atoms in total. The van der Waals surface area contributed by atoms with E-state index < -0.39 is 0 Å². The largest absolute Gasteiger partial charge is 0.310 e. The van der Waals surface area contributed by atoms with Gasteiger partial charge in [0.25, 0.3) is 0 Å². The molecule has 0 saturated carbocycles. The first-order valence-corrected chi connectivity index (χ1v) is 20.3. The summed E-state index contributed by atoms with van der Waals surface area (Å²) in [5.41, 5.74) is 13.0. The van der Waals surface area contributed by atoms with Gasteiger partial charge in [-0.05, 0) is 130 Å². The smallest absolute Gasteiger partial charge is 0.0467 e. The highest BCUT2D eigenvalue weighted by Crippen LogP contribution is 2.44. The van der Waals surface area contributed by atoms with Crippen molar-refractivity contribution in [3.05, 3.63) is 237 Å². The van der Waals surface area contributed by atoms with E-state index >= 15 is 0 Å². The van der Waals surface area contributed by atoms with Crippen LogP contribution in [0.1, 0.15) is 0 Å². The van der Waals surface area contributed by atoms with Gasteiger partial charge in [0.15, 0.2) is 0 Å². The molecule has 11 rings (SSSR count). The van der Waals surface area contributed by atoms with Gasteiger partial charge in [0.1, 0.15) is 0 Å². The van der Waals surface area contributed by atoms with Gasteiger partial charge in [-0.25, -0.2) is 0 Å². The molecular weight excluding hydrogens is 711 g/mol. The molecule has 0 radical (unpaired) electrons. The Hall–Kier alpha value is -7.74. The summed E-state index contributed by atoms with van der Waals surface area (Å²) in [6.45, 7) is 0. The van der Waals surface area contributed by atoms with Crippen molar-refractivity contribution in [1.29, 1.82) is 0 Å². The SMILES string of the molecule is c1ccc(-c2ccc(N(c3cccc(-c4ccccc4)c3)c3cccc(-c4ccc(-c5cc6c7ccccc7ccc6c6ccccc56)c5ccccc45)c3)cc2)cc1. The van der Waals surface area contributed by atoms with Crippen molar-refractivity contribution in [3.63, 3.8) is 0 Å². The lowest BCUT2D eigenvalue weighted by atomic mass is 9.87. The summed E-state index contributed by atoms with van der Waals surface area (Å²) in [4.78, 5) is 2.38. The normalized spacial score (nSPS) is 11.4. The maximum atomic E-state index is 2.42. The van der Waals surface area contributed by atoms with Gasteiger partial charge in [-0.15, -0.1) is 0 Å². The molecule has 0 amide bonds. The Labute approximate surface area is 344 Å². The second kappa shape index (κ2) is 14.6. The van der Waals surface area contributed by atoms with Gasteiger partial charge in [-0.1, -0.05) is 194 Å². The van der Waals surface area contributed by atoms with E-state index in [-0.39, 0.29) is 0 Å². The molecule has 0 aliphatic heterocycles. The van der Waals surface area contributed by atoms with E-state index in [0.717, 1.165) is 17.1 Å². The maximum Gasteiger partial charge on any atom is 0.0467 e. The first-order valence-electron chi connectivity index (χ1n) is 20.3. The fourth-order valence-corrected chi connectivity index (χ4v) is 9.02. The van der Waals surface area contributed by atoms with E-state index in [4.69, 9.17) is 0 Å². The molecule has 0 bridgehead atoms. The Balaban J connectivity index is 1.07. The standard InChI is InChI=1S/C58H39N/c1-3-15-40(16-4-1)42-29-32-46(33-30-42)59(47-22-13-20-44(37-47)41-17-5-2-6-18-41)48-23-14-21-45(38-48)50-35-36-56(52-26-10-9-25-51(50)52)58-39-57-49-24-8-7-19-43(49)31-34-55(57)53-27-11-12-28-54(53)58/h1-39H. The van der Waals surface area contributed by atoms with Crippen molar-refractivity contribution in [2.45, 2.75) is 0 Å². The van der Waals surface area contributed by atoms with Crippen LogP contribution in [0.15, 0.2) is 237 Å². The average molecular weight is 750 g/mol. The first kappa shape index (κ1) is 34.5. The van der Waals surface area contributed by atoms with Crippen LogP contribution >= 0.6 is 0 Å². The monoisotopic (exact) mass is 749 g/mol. The van der Waals surface area contributed by atoms with E-state index in [9.17, 15) is 0 Å². The molecule has 0 spiro atoms. The van der Waals surface area contributed by atoms with Crippen LogP contribution in [0.3, 0.4) is 0 Å². The van der Waals surface area contributed by atoms with Gasteiger partial charge in [-0.2, -0.15) is 0 Å². The Morgan fingerprint density at radius 1 is 0.203 bits per heavy atom. The van der Waals surface area contributed by atoms with E-state index in [1.807, 2.05) is 0 Å². The van der Waals surface area contributed by atoms with Crippen LogP contribution in [-0.4, -0.2) is 0 Å². The van der Waals surface area contributed by atoms with Crippen molar-refractivity contribution in [3.8, 4) is 44.5 Å². The molecule has 0 heterocycles. The summed E-state index contributed by atoms with van der Waals surface area (Å²) >= 11 is 0. The molecule has 276 valence electrons. The fourth-order valence-electron chi connectivity index (χ4n) is 9.02. The molecule has 0 unspecified atom stereocenters. The molecule has 0 N–H and O–H groups in total. The van der Waals surface area contributed by atoms with Gasteiger partial charge < -0.3 is 4.90 Å². The lowest BCUT2D eigenvalue weighted by molar-refractivity contribution is 1.28. The zero-order valence-corrected chi connectivity index (χ0v) is 32.5. The van der Waals surface area contributed by atoms with Gasteiger partial charge >= 0.3 is 0 Å². The zero-order chi connectivity index (χ0) is 39.1. The van der Waals surface area contributed by atoms with Crippen molar-refractivity contribution in [2.24, 2.45) is 0 Å². The Kier molecular flexibility index (Phi) is 8.56. The molecule has 11 aromatic carbocycles. The van der Waals surface area contributed by atoms with Crippen molar-refractivity contribution >= 4 is 60.2 Å². The Bertz CT molecular complexity index is 3310. The number of nitrogens with zero attached hydrogens (tertiary/aromatic N) is 1. The van der Waals surface area contributed by atoms with Crippen molar-refractivity contribution in [2.75, 3.05) is 4.90 Å². The van der Waals surface area contributed by atoms with Gasteiger partial charge in [0, 0.05) is 17.1 Å². The zero-order valence-electron chi connectivity index (χ0n) is 32.5. The van der Waals surface area contributed by atoms with Gasteiger partial charge in [-0.3, -0.25) is 0 Å². The number of benzene rings is 11.